The van der Waals surface area contributed by atoms with Crippen LogP contribution in [0.25, 0.3) is 0 Å². The predicted molar refractivity (Wildman–Crippen MR) is 52.4 cm³/mol. The highest BCUT2D eigenvalue weighted by molar-refractivity contribution is 5.12. The van der Waals surface area contributed by atoms with E-state index < -0.39 is 5.60 Å². The van der Waals surface area contributed by atoms with Crippen LogP contribution in [0.15, 0.2) is 17.4 Å². The Morgan fingerprint density at radius 3 is 2.69 bits per heavy atom. The second kappa shape index (κ2) is 4.10. The fraction of sp³-hybridized carbons (Fsp3) is 0.727. The molecular formula is C11H18O2. The maximum absolute atomic E-state index is 9.56. The van der Waals surface area contributed by atoms with E-state index in [1.807, 2.05) is 0 Å². The van der Waals surface area contributed by atoms with Crippen LogP contribution in [-0.4, -0.2) is 21.9 Å². The maximum Gasteiger partial charge on any atom is 0.0844 e. The van der Waals surface area contributed by atoms with E-state index in [1.165, 1.54) is 0 Å². The molecule has 0 aliphatic heterocycles. The molecule has 0 amide bonds. The van der Waals surface area contributed by atoms with Crippen molar-refractivity contribution in [2.24, 2.45) is 0 Å². The maximum atomic E-state index is 9.56. The average Bonchev–Trinajstić information content (AvgIpc) is 2.01. The number of aliphatic hydroxyl groups is 2. The molecule has 2 heteroatoms. The average molecular weight is 182 g/mol. The summed E-state index contributed by atoms with van der Waals surface area (Å²) in [6, 6.07) is 0. The quantitative estimate of drug-likeness (QED) is 0.607. The summed E-state index contributed by atoms with van der Waals surface area (Å²) in [4.78, 5) is 0. The number of hydrogen-bond donors (Lipinski definition) is 2. The lowest BCUT2D eigenvalue weighted by Crippen LogP contribution is -2.16. The Balaban J connectivity index is 2.73. The molecule has 0 spiro atoms. The molecule has 0 aromatic heterocycles. The van der Waals surface area contributed by atoms with E-state index in [4.69, 9.17) is 0 Å². The Bertz CT molecular complexity index is 229. The summed E-state index contributed by atoms with van der Waals surface area (Å²) in [5, 5.41) is 19.0. The minimum absolute atomic E-state index is 0.340. The highest BCUT2D eigenvalue weighted by Crippen LogP contribution is 2.22. The van der Waals surface area contributed by atoms with Gasteiger partial charge >= 0.3 is 0 Å². The minimum Gasteiger partial charge on any atom is -0.388 e. The Hall–Kier alpha value is -0.560. The van der Waals surface area contributed by atoms with Gasteiger partial charge in [-0.3, -0.25) is 0 Å². The van der Waals surface area contributed by atoms with Crippen LogP contribution < -0.4 is 0 Å². The first-order chi connectivity index (χ1) is 5.99. The fourth-order valence-corrected chi connectivity index (χ4v) is 1.43. The van der Waals surface area contributed by atoms with Crippen molar-refractivity contribution >= 4 is 0 Å². The SMILES string of the molecule is CC(C)(O)C=C=C1CCCC[C@@H]1O. The van der Waals surface area contributed by atoms with E-state index in [0.717, 1.165) is 31.3 Å². The van der Waals surface area contributed by atoms with Crippen molar-refractivity contribution in [3.8, 4) is 0 Å². The molecule has 13 heavy (non-hydrogen) atoms. The zero-order valence-electron chi connectivity index (χ0n) is 8.38. The molecule has 1 saturated carbocycles. The second-order valence-electron chi connectivity index (χ2n) is 4.23. The van der Waals surface area contributed by atoms with Crippen LogP contribution in [0.3, 0.4) is 0 Å². The standard InChI is InChI=1S/C11H18O2/c1-11(2,13)8-7-9-5-3-4-6-10(9)12/h8,10,12-13H,3-6H2,1-2H3/t7?,10-/m0/s1. The lowest BCUT2D eigenvalue weighted by atomic mass is 9.92. The van der Waals surface area contributed by atoms with Crippen molar-refractivity contribution in [2.75, 3.05) is 0 Å². The van der Waals surface area contributed by atoms with Crippen molar-refractivity contribution in [2.45, 2.75) is 51.2 Å². The third-order valence-electron chi connectivity index (χ3n) is 2.19. The second-order valence-corrected chi connectivity index (χ2v) is 4.23. The monoisotopic (exact) mass is 182 g/mol. The molecule has 0 radical (unpaired) electrons. The van der Waals surface area contributed by atoms with Crippen LogP contribution in [0.4, 0.5) is 0 Å². The summed E-state index contributed by atoms with van der Waals surface area (Å²) in [7, 11) is 0. The molecule has 2 nitrogen and oxygen atoms in total. The zero-order chi connectivity index (χ0) is 9.90. The summed E-state index contributed by atoms with van der Waals surface area (Å²) in [6.45, 7) is 3.41. The van der Waals surface area contributed by atoms with E-state index in [2.05, 4.69) is 5.73 Å². The molecule has 1 aliphatic carbocycles. The van der Waals surface area contributed by atoms with Gasteiger partial charge in [0.15, 0.2) is 0 Å². The van der Waals surface area contributed by atoms with Gasteiger partial charge < -0.3 is 10.2 Å². The molecule has 0 aromatic carbocycles. The molecule has 74 valence electrons. The zero-order valence-corrected chi connectivity index (χ0v) is 8.38. The topological polar surface area (TPSA) is 40.5 Å². The van der Waals surface area contributed by atoms with Crippen molar-refractivity contribution in [3.05, 3.63) is 17.4 Å². The number of rotatable bonds is 1. The van der Waals surface area contributed by atoms with E-state index in [1.54, 1.807) is 19.9 Å². The Morgan fingerprint density at radius 1 is 1.46 bits per heavy atom. The summed E-state index contributed by atoms with van der Waals surface area (Å²) in [6.07, 6.45) is 5.24. The van der Waals surface area contributed by atoms with Crippen LogP contribution in [0.5, 0.6) is 0 Å². The summed E-state index contributed by atoms with van der Waals surface area (Å²) < 4.78 is 0. The highest BCUT2D eigenvalue weighted by Gasteiger charge is 2.15. The molecule has 1 atom stereocenters. The minimum atomic E-state index is -0.829. The Kier molecular flexibility index (Phi) is 3.32. The van der Waals surface area contributed by atoms with Crippen molar-refractivity contribution < 1.29 is 10.2 Å². The first-order valence-electron chi connectivity index (χ1n) is 4.86. The van der Waals surface area contributed by atoms with Gasteiger partial charge in [-0.15, -0.1) is 5.73 Å². The molecule has 0 aromatic rings. The molecule has 1 aliphatic rings. The largest absolute Gasteiger partial charge is 0.388 e. The molecular weight excluding hydrogens is 164 g/mol. The summed E-state index contributed by atoms with van der Waals surface area (Å²) in [5.41, 5.74) is 3.11. The van der Waals surface area contributed by atoms with E-state index >= 15 is 0 Å². The number of aliphatic hydroxyl groups excluding tert-OH is 1. The molecule has 0 unspecified atom stereocenters. The van der Waals surface area contributed by atoms with Gasteiger partial charge in [0, 0.05) is 0 Å². The van der Waals surface area contributed by atoms with Crippen molar-refractivity contribution in [1.82, 2.24) is 0 Å². The van der Waals surface area contributed by atoms with Crippen LogP contribution in [0.1, 0.15) is 39.5 Å². The van der Waals surface area contributed by atoms with Gasteiger partial charge in [0.05, 0.1) is 11.7 Å². The molecule has 0 bridgehead atoms. The normalized spacial score (nSPS) is 24.0. The third-order valence-corrected chi connectivity index (χ3v) is 2.19. The van der Waals surface area contributed by atoms with Crippen LogP contribution in [0, 0.1) is 0 Å². The van der Waals surface area contributed by atoms with Gasteiger partial charge in [0.1, 0.15) is 0 Å². The third kappa shape index (κ3) is 3.77. The highest BCUT2D eigenvalue weighted by atomic mass is 16.3. The number of hydrogen-bond acceptors (Lipinski definition) is 2. The molecule has 0 heterocycles. The van der Waals surface area contributed by atoms with Crippen molar-refractivity contribution in [3.63, 3.8) is 0 Å². The van der Waals surface area contributed by atoms with Crippen LogP contribution in [-0.2, 0) is 0 Å². The molecule has 0 saturated heterocycles. The summed E-state index contributed by atoms with van der Waals surface area (Å²) >= 11 is 0. The van der Waals surface area contributed by atoms with Crippen LogP contribution >= 0.6 is 0 Å². The van der Waals surface area contributed by atoms with E-state index in [-0.39, 0.29) is 6.10 Å². The van der Waals surface area contributed by atoms with Crippen LogP contribution in [0.2, 0.25) is 0 Å². The van der Waals surface area contributed by atoms with Gasteiger partial charge in [-0.2, -0.15) is 0 Å². The molecule has 1 rings (SSSR count). The first kappa shape index (κ1) is 10.5. The Morgan fingerprint density at radius 2 is 2.15 bits per heavy atom. The lowest BCUT2D eigenvalue weighted by molar-refractivity contribution is 0.133. The van der Waals surface area contributed by atoms with Gasteiger partial charge in [0.2, 0.25) is 0 Å². The van der Waals surface area contributed by atoms with Gasteiger partial charge in [-0.05, 0) is 44.8 Å². The molecule has 1 fully saturated rings. The van der Waals surface area contributed by atoms with Gasteiger partial charge in [-0.25, -0.2) is 0 Å². The van der Waals surface area contributed by atoms with E-state index in [9.17, 15) is 10.2 Å². The molecule has 2 N–H and O–H groups in total. The first-order valence-corrected chi connectivity index (χ1v) is 4.86. The summed E-state index contributed by atoms with van der Waals surface area (Å²) in [5.74, 6) is 0. The smallest absolute Gasteiger partial charge is 0.0844 e. The Labute approximate surface area is 79.6 Å². The van der Waals surface area contributed by atoms with Gasteiger partial charge in [0.25, 0.3) is 0 Å². The van der Waals surface area contributed by atoms with Gasteiger partial charge in [-0.1, -0.05) is 6.42 Å². The van der Waals surface area contributed by atoms with E-state index in [0.29, 0.717) is 0 Å². The lowest BCUT2D eigenvalue weighted by Gasteiger charge is -2.18. The van der Waals surface area contributed by atoms with Crippen molar-refractivity contribution in [1.29, 1.82) is 0 Å². The predicted octanol–water partition coefficient (Wildman–Crippen LogP) is 1.77. The fourth-order valence-electron chi connectivity index (χ4n) is 1.43.